The number of rotatable bonds is 1. The summed E-state index contributed by atoms with van der Waals surface area (Å²) in [6.45, 7) is 0. The molecule has 1 aromatic rings. The van der Waals surface area contributed by atoms with Crippen LogP contribution in [0.25, 0.3) is 0 Å². The molecule has 0 bridgehead atoms. The Morgan fingerprint density at radius 1 is 1.43 bits per heavy atom. The highest BCUT2D eigenvalue weighted by Gasteiger charge is 2.71. The number of nitrogens with zero attached hydrogens (tertiary/aromatic N) is 1. The molecule has 0 aliphatic heterocycles. The number of hydrogen-bond acceptors (Lipinski definition) is 2. The summed E-state index contributed by atoms with van der Waals surface area (Å²) >= 11 is 11.3. The van der Waals surface area contributed by atoms with Gasteiger partial charge in [0.1, 0.15) is 5.54 Å². The first kappa shape index (κ1) is 10.1. The van der Waals surface area contributed by atoms with Crippen molar-refractivity contribution in [3.63, 3.8) is 0 Å². The first-order valence-electron chi connectivity index (χ1n) is 3.85. The number of alkyl halides is 2. The summed E-state index contributed by atoms with van der Waals surface area (Å²) in [7, 11) is 0. The fourth-order valence-corrected chi connectivity index (χ4v) is 1.85. The lowest BCUT2D eigenvalue weighted by atomic mass is 10.1. The van der Waals surface area contributed by atoms with E-state index in [1.165, 1.54) is 12.3 Å². The molecule has 0 spiro atoms. The van der Waals surface area contributed by atoms with Crippen LogP contribution in [0.15, 0.2) is 12.3 Å². The van der Waals surface area contributed by atoms with E-state index in [1.807, 2.05) is 0 Å². The molecule has 0 amide bonds. The second kappa shape index (κ2) is 2.78. The second-order valence-electron chi connectivity index (χ2n) is 3.34. The van der Waals surface area contributed by atoms with Crippen LogP contribution in [0.4, 0.5) is 8.78 Å². The lowest BCUT2D eigenvalue weighted by Gasteiger charge is -2.11. The fraction of sp³-hybridized carbons (Fsp3) is 0.375. The third-order valence-corrected chi connectivity index (χ3v) is 2.75. The van der Waals surface area contributed by atoms with Gasteiger partial charge in [-0.3, -0.25) is 4.98 Å². The first-order valence-corrected chi connectivity index (χ1v) is 4.61. The SMILES string of the molecule is NC1(c2ncc(Cl)cc2Cl)CC1(F)F. The van der Waals surface area contributed by atoms with Gasteiger partial charge in [-0.25, -0.2) is 8.78 Å². The fourth-order valence-electron chi connectivity index (χ4n) is 1.31. The Morgan fingerprint density at radius 3 is 2.43 bits per heavy atom. The molecule has 76 valence electrons. The zero-order valence-corrected chi connectivity index (χ0v) is 8.41. The largest absolute Gasteiger partial charge is 0.315 e. The van der Waals surface area contributed by atoms with Gasteiger partial charge < -0.3 is 5.73 Å². The van der Waals surface area contributed by atoms with E-state index >= 15 is 0 Å². The molecule has 2 nitrogen and oxygen atoms in total. The highest BCUT2D eigenvalue weighted by Crippen LogP contribution is 2.58. The normalized spacial score (nSPS) is 28.9. The van der Waals surface area contributed by atoms with Crippen LogP contribution in [-0.4, -0.2) is 10.9 Å². The van der Waals surface area contributed by atoms with E-state index in [9.17, 15) is 8.78 Å². The van der Waals surface area contributed by atoms with Crippen molar-refractivity contribution >= 4 is 23.2 Å². The van der Waals surface area contributed by atoms with E-state index in [0.29, 0.717) is 5.02 Å². The number of aromatic nitrogens is 1. The minimum absolute atomic E-state index is 0.00793. The topological polar surface area (TPSA) is 38.9 Å². The maximum Gasteiger partial charge on any atom is 0.274 e. The number of nitrogens with two attached hydrogens (primary N) is 1. The lowest BCUT2D eigenvalue weighted by Crippen LogP contribution is -2.28. The maximum absolute atomic E-state index is 12.9. The Kier molecular flexibility index (Phi) is 2.00. The molecule has 1 aromatic heterocycles. The van der Waals surface area contributed by atoms with E-state index in [4.69, 9.17) is 28.9 Å². The molecule has 0 radical (unpaired) electrons. The van der Waals surface area contributed by atoms with Crippen molar-refractivity contribution in [3.05, 3.63) is 28.0 Å². The van der Waals surface area contributed by atoms with Crippen LogP contribution in [0, 0.1) is 0 Å². The van der Waals surface area contributed by atoms with Gasteiger partial charge in [0.15, 0.2) is 0 Å². The average Bonchev–Trinajstić information content (AvgIpc) is 2.50. The summed E-state index contributed by atoms with van der Waals surface area (Å²) in [6.07, 6.45) is 0.833. The number of halogens is 4. The molecule has 1 aliphatic rings. The predicted molar refractivity (Wildman–Crippen MR) is 49.7 cm³/mol. The summed E-state index contributed by atoms with van der Waals surface area (Å²) in [5.74, 6) is -2.92. The van der Waals surface area contributed by atoms with Gasteiger partial charge in [-0.15, -0.1) is 0 Å². The maximum atomic E-state index is 12.9. The van der Waals surface area contributed by atoms with Crippen LogP contribution in [0.1, 0.15) is 12.1 Å². The second-order valence-corrected chi connectivity index (χ2v) is 4.18. The smallest absolute Gasteiger partial charge is 0.274 e. The molecule has 1 saturated carbocycles. The average molecular weight is 239 g/mol. The molecule has 2 N–H and O–H groups in total. The number of hydrogen-bond donors (Lipinski definition) is 1. The van der Waals surface area contributed by atoms with E-state index in [2.05, 4.69) is 4.98 Å². The van der Waals surface area contributed by atoms with Crippen molar-refractivity contribution < 1.29 is 8.78 Å². The quantitative estimate of drug-likeness (QED) is 0.817. The van der Waals surface area contributed by atoms with Gasteiger partial charge in [-0.05, 0) is 6.07 Å². The molecular weight excluding hydrogens is 233 g/mol. The Balaban J connectivity index is 2.45. The summed E-state index contributed by atoms with van der Waals surface area (Å²) in [4.78, 5) is 3.74. The van der Waals surface area contributed by atoms with Crippen molar-refractivity contribution in [2.24, 2.45) is 5.73 Å². The zero-order chi connectivity index (χ0) is 10.6. The standard InChI is InChI=1S/C8H6Cl2F2N2/c9-4-1-5(10)6(14-2-4)7(13)3-8(7,11)12/h1-2H,3,13H2. The molecule has 1 heterocycles. The highest BCUT2D eigenvalue weighted by molar-refractivity contribution is 6.34. The monoisotopic (exact) mass is 238 g/mol. The summed E-state index contributed by atoms with van der Waals surface area (Å²) < 4.78 is 25.8. The molecule has 1 unspecified atom stereocenters. The molecule has 2 rings (SSSR count). The van der Waals surface area contributed by atoms with Crippen LogP contribution in [0.5, 0.6) is 0 Å². The predicted octanol–water partition coefficient (Wildman–Crippen LogP) is 2.58. The van der Waals surface area contributed by atoms with Gasteiger partial charge in [0.25, 0.3) is 5.92 Å². The summed E-state index contributed by atoms with van der Waals surface area (Å²) in [5, 5.41) is 0.378. The van der Waals surface area contributed by atoms with Crippen LogP contribution < -0.4 is 5.73 Å². The molecule has 0 saturated heterocycles. The van der Waals surface area contributed by atoms with Crippen molar-refractivity contribution in [2.45, 2.75) is 17.9 Å². The van der Waals surface area contributed by atoms with Gasteiger partial charge in [0, 0.05) is 12.6 Å². The van der Waals surface area contributed by atoms with Gasteiger partial charge in [-0.1, -0.05) is 23.2 Å². The minimum Gasteiger partial charge on any atom is -0.315 e. The van der Waals surface area contributed by atoms with Crippen LogP contribution in [0.2, 0.25) is 10.0 Å². The molecule has 1 atom stereocenters. The van der Waals surface area contributed by atoms with Gasteiger partial charge >= 0.3 is 0 Å². The van der Waals surface area contributed by atoms with Crippen LogP contribution in [0.3, 0.4) is 0 Å². The molecule has 0 aromatic carbocycles. The molecule has 6 heteroatoms. The van der Waals surface area contributed by atoms with Crippen molar-refractivity contribution in [1.82, 2.24) is 4.98 Å². The van der Waals surface area contributed by atoms with E-state index in [0.717, 1.165) is 0 Å². The Hall–Kier alpha value is -0.450. The Labute approximate surface area is 89.0 Å². The molecule has 1 aliphatic carbocycles. The highest BCUT2D eigenvalue weighted by atomic mass is 35.5. The van der Waals surface area contributed by atoms with E-state index in [-0.39, 0.29) is 10.7 Å². The third-order valence-electron chi connectivity index (χ3n) is 2.26. The Bertz CT molecular complexity index is 397. The lowest BCUT2D eigenvalue weighted by molar-refractivity contribution is 0.0881. The molecule has 14 heavy (non-hydrogen) atoms. The van der Waals surface area contributed by atoms with Gasteiger partial charge in [0.2, 0.25) is 0 Å². The van der Waals surface area contributed by atoms with E-state index < -0.39 is 17.9 Å². The summed E-state index contributed by atoms with van der Waals surface area (Å²) in [5.41, 5.74) is 3.75. The molecule has 1 fully saturated rings. The van der Waals surface area contributed by atoms with Crippen LogP contribution in [-0.2, 0) is 5.54 Å². The molecular formula is C8H6Cl2F2N2. The first-order chi connectivity index (χ1) is 6.37. The van der Waals surface area contributed by atoms with Crippen molar-refractivity contribution in [2.75, 3.05) is 0 Å². The number of pyridine rings is 1. The van der Waals surface area contributed by atoms with Gasteiger partial charge in [-0.2, -0.15) is 0 Å². The van der Waals surface area contributed by atoms with Crippen molar-refractivity contribution in [1.29, 1.82) is 0 Å². The minimum atomic E-state index is -2.92. The van der Waals surface area contributed by atoms with Gasteiger partial charge in [0.05, 0.1) is 15.7 Å². The van der Waals surface area contributed by atoms with Crippen LogP contribution >= 0.6 is 23.2 Å². The zero-order valence-electron chi connectivity index (χ0n) is 6.90. The third kappa shape index (κ3) is 1.29. The summed E-state index contributed by atoms with van der Waals surface area (Å²) in [6, 6.07) is 1.36. The Morgan fingerprint density at radius 2 is 2.00 bits per heavy atom. The van der Waals surface area contributed by atoms with E-state index in [1.54, 1.807) is 0 Å². The van der Waals surface area contributed by atoms with Crippen molar-refractivity contribution in [3.8, 4) is 0 Å².